The highest BCUT2D eigenvalue weighted by Crippen LogP contribution is 2.24. The second kappa shape index (κ2) is 6.61. The molecule has 3 N–H and O–H groups in total. The van der Waals surface area contributed by atoms with Crippen LogP contribution in [0.25, 0.3) is 0 Å². The van der Waals surface area contributed by atoms with Crippen LogP contribution in [0, 0.1) is 0 Å². The highest BCUT2D eigenvalue weighted by Gasteiger charge is 2.22. The Bertz CT molecular complexity index is 470. The molecule has 0 saturated carbocycles. The van der Waals surface area contributed by atoms with Crippen LogP contribution >= 0.6 is 0 Å². The lowest BCUT2D eigenvalue weighted by Crippen LogP contribution is -2.45. The van der Waals surface area contributed by atoms with E-state index < -0.39 is 0 Å². The third kappa shape index (κ3) is 3.42. The average molecular weight is 278 g/mol. The number of piperidine rings is 1. The van der Waals surface area contributed by atoms with Gasteiger partial charge in [0.15, 0.2) is 0 Å². The fourth-order valence-corrected chi connectivity index (χ4v) is 2.57. The van der Waals surface area contributed by atoms with Crippen molar-refractivity contribution in [2.45, 2.75) is 32.2 Å². The zero-order valence-corrected chi connectivity index (χ0v) is 11.8. The predicted octanol–water partition coefficient (Wildman–Crippen LogP) is 1.70. The van der Waals surface area contributed by atoms with Crippen molar-refractivity contribution < 1.29 is 15.0 Å². The molecule has 5 nitrogen and oxygen atoms in total. The molecule has 2 rings (SSSR count). The molecular formula is C15H22N2O3. The van der Waals surface area contributed by atoms with Crippen molar-refractivity contribution in [3.8, 4) is 11.5 Å². The van der Waals surface area contributed by atoms with Crippen LogP contribution in [0.3, 0.4) is 0 Å². The minimum absolute atomic E-state index is 0.0453. The summed E-state index contributed by atoms with van der Waals surface area (Å²) in [4.78, 5) is 14.2. The smallest absolute Gasteiger partial charge is 0.257 e. The molecule has 0 radical (unpaired) electrons. The molecule has 1 aromatic rings. The molecule has 1 aliphatic heterocycles. The molecular weight excluding hydrogens is 256 g/mol. The number of nitrogens with zero attached hydrogens (tertiary/aromatic N) is 1. The van der Waals surface area contributed by atoms with E-state index in [1.807, 2.05) is 6.92 Å². The fourth-order valence-electron chi connectivity index (χ4n) is 2.57. The number of rotatable bonds is 4. The highest BCUT2D eigenvalue weighted by atomic mass is 16.3. The molecule has 1 atom stereocenters. The standard InChI is InChI=1S/C15H22N2O3/c1-2-17(10-11-5-3-4-8-16-11)15(20)13-7-6-12(18)9-14(13)19/h6-7,9,11,16,18-19H,2-5,8,10H2,1H3. The number of nitrogens with one attached hydrogen (secondary N) is 1. The molecule has 1 aromatic carbocycles. The summed E-state index contributed by atoms with van der Waals surface area (Å²) in [6.45, 7) is 4.17. The zero-order valence-electron chi connectivity index (χ0n) is 11.8. The number of phenols is 2. The number of carbonyl (C=O) groups excluding carboxylic acids is 1. The summed E-state index contributed by atoms with van der Waals surface area (Å²) in [6, 6.07) is 4.40. The first-order valence-corrected chi connectivity index (χ1v) is 7.16. The van der Waals surface area contributed by atoms with Crippen molar-refractivity contribution in [3.63, 3.8) is 0 Å². The van der Waals surface area contributed by atoms with Gasteiger partial charge in [0.25, 0.3) is 5.91 Å². The molecule has 1 aliphatic rings. The summed E-state index contributed by atoms with van der Waals surface area (Å²) in [5, 5.41) is 22.5. The molecule has 20 heavy (non-hydrogen) atoms. The maximum absolute atomic E-state index is 12.4. The molecule has 1 saturated heterocycles. The van der Waals surface area contributed by atoms with Crippen molar-refractivity contribution in [2.75, 3.05) is 19.6 Å². The molecule has 0 bridgehead atoms. The molecule has 5 heteroatoms. The second-order valence-electron chi connectivity index (χ2n) is 5.19. The monoisotopic (exact) mass is 278 g/mol. The Labute approximate surface area is 119 Å². The highest BCUT2D eigenvalue weighted by molar-refractivity contribution is 5.97. The molecule has 0 spiro atoms. The third-order valence-corrected chi connectivity index (χ3v) is 3.73. The minimum atomic E-state index is -0.197. The molecule has 1 fully saturated rings. The normalized spacial score (nSPS) is 18.8. The summed E-state index contributed by atoms with van der Waals surface area (Å²) in [5.41, 5.74) is 0.237. The van der Waals surface area contributed by atoms with Crippen molar-refractivity contribution in [1.82, 2.24) is 10.2 Å². The first-order chi connectivity index (χ1) is 9.61. The van der Waals surface area contributed by atoms with E-state index in [1.54, 1.807) is 4.90 Å². The van der Waals surface area contributed by atoms with Crippen LogP contribution in [0.1, 0.15) is 36.5 Å². The third-order valence-electron chi connectivity index (χ3n) is 3.73. The van der Waals surface area contributed by atoms with Gasteiger partial charge in [-0.1, -0.05) is 6.42 Å². The number of amides is 1. The van der Waals surface area contributed by atoms with Crippen molar-refractivity contribution in [3.05, 3.63) is 23.8 Å². The van der Waals surface area contributed by atoms with Crippen LogP contribution in [-0.2, 0) is 0 Å². The van der Waals surface area contributed by atoms with Gasteiger partial charge in [0, 0.05) is 25.2 Å². The maximum atomic E-state index is 12.4. The lowest BCUT2D eigenvalue weighted by molar-refractivity contribution is 0.0738. The minimum Gasteiger partial charge on any atom is -0.508 e. The number of benzene rings is 1. The number of hydrogen-bond donors (Lipinski definition) is 3. The Kier molecular flexibility index (Phi) is 4.84. The number of carbonyl (C=O) groups is 1. The van der Waals surface area contributed by atoms with E-state index in [-0.39, 0.29) is 23.0 Å². The second-order valence-corrected chi connectivity index (χ2v) is 5.19. The van der Waals surface area contributed by atoms with Crippen LogP contribution in [-0.4, -0.2) is 46.7 Å². The first kappa shape index (κ1) is 14.7. The number of phenolic OH excluding ortho intramolecular Hbond substituents is 2. The van der Waals surface area contributed by atoms with Gasteiger partial charge in [-0.15, -0.1) is 0 Å². The van der Waals surface area contributed by atoms with E-state index in [4.69, 9.17) is 0 Å². The van der Waals surface area contributed by atoms with Gasteiger partial charge in [-0.2, -0.15) is 0 Å². The van der Waals surface area contributed by atoms with E-state index >= 15 is 0 Å². The van der Waals surface area contributed by atoms with Crippen LogP contribution in [0.5, 0.6) is 11.5 Å². The van der Waals surface area contributed by atoms with Gasteiger partial charge in [-0.05, 0) is 38.4 Å². The van der Waals surface area contributed by atoms with E-state index in [1.165, 1.54) is 31.0 Å². The maximum Gasteiger partial charge on any atom is 0.257 e. The fraction of sp³-hybridized carbons (Fsp3) is 0.533. The topological polar surface area (TPSA) is 72.8 Å². The summed E-state index contributed by atoms with van der Waals surface area (Å²) in [7, 11) is 0. The lowest BCUT2D eigenvalue weighted by Gasteiger charge is -2.30. The Hall–Kier alpha value is -1.75. The Morgan fingerprint density at radius 1 is 1.40 bits per heavy atom. The van der Waals surface area contributed by atoms with E-state index in [2.05, 4.69) is 5.32 Å². The Morgan fingerprint density at radius 3 is 2.80 bits per heavy atom. The Morgan fingerprint density at radius 2 is 2.20 bits per heavy atom. The number of aromatic hydroxyl groups is 2. The summed E-state index contributed by atoms with van der Waals surface area (Å²) in [5.74, 6) is -0.418. The zero-order chi connectivity index (χ0) is 14.5. The van der Waals surface area contributed by atoms with Crippen LogP contribution in [0.15, 0.2) is 18.2 Å². The van der Waals surface area contributed by atoms with Gasteiger partial charge < -0.3 is 20.4 Å². The summed E-state index contributed by atoms with van der Waals surface area (Å²) in [6.07, 6.45) is 3.45. The van der Waals surface area contributed by atoms with Gasteiger partial charge in [0.2, 0.25) is 0 Å². The summed E-state index contributed by atoms with van der Waals surface area (Å²) < 4.78 is 0. The van der Waals surface area contributed by atoms with Crippen LogP contribution in [0.2, 0.25) is 0 Å². The van der Waals surface area contributed by atoms with Crippen molar-refractivity contribution in [2.24, 2.45) is 0 Å². The predicted molar refractivity (Wildman–Crippen MR) is 77.0 cm³/mol. The van der Waals surface area contributed by atoms with E-state index in [9.17, 15) is 15.0 Å². The molecule has 0 aliphatic carbocycles. The lowest BCUT2D eigenvalue weighted by atomic mass is 10.0. The van der Waals surface area contributed by atoms with Gasteiger partial charge in [-0.25, -0.2) is 0 Å². The quantitative estimate of drug-likeness (QED) is 0.784. The summed E-state index contributed by atoms with van der Waals surface area (Å²) >= 11 is 0. The van der Waals surface area contributed by atoms with Gasteiger partial charge in [0.1, 0.15) is 11.5 Å². The molecule has 1 heterocycles. The number of hydrogen-bond acceptors (Lipinski definition) is 4. The number of likely N-dealkylation sites (N-methyl/N-ethyl adjacent to an activating group) is 1. The van der Waals surface area contributed by atoms with Crippen molar-refractivity contribution in [1.29, 1.82) is 0 Å². The molecule has 1 amide bonds. The van der Waals surface area contributed by atoms with Gasteiger partial charge in [0.05, 0.1) is 5.56 Å². The average Bonchev–Trinajstić information content (AvgIpc) is 2.45. The van der Waals surface area contributed by atoms with Gasteiger partial charge >= 0.3 is 0 Å². The van der Waals surface area contributed by atoms with E-state index in [0.717, 1.165) is 13.0 Å². The largest absolute Gasteiger partial charge is 0.508 e. The molecule has 110 valence electrons. The van der Waals surface area contributed by atoms with E-state index in [0.29, 0.717) is 19.1 Å². The van der Waals surface area contributed by atoms with Gasteiger partial charge in [-0.3, -0.25) is 4.79 Å². The molecule has 1 unspecified atom stereocenters. The van der Waals surface area contributed by atoms with Crippen LogP contribution < -0.4 is 5.32 Å². The molecule has 0 aromatic heterocycles. The van der Waals surface area contributed by atoms with Crippen molar-refractivity contribution >= 4 is 5.91 Å². The van der Waals surface area contributed by atoms with Crippen LogP contribution in [0.4, 0.5) is 0 Å². The SMILES string of the molecule is CCN(CC1CCCCN1)C(=O)c1ccc(O)cc1O. The Balaban J connectivity index is 2.07. The first-order valence-electron chi connectivity index (χ1n) is 7.16.